The van der Waals surface area contributed by atoms with Crippen molar-refractivity contribution in [3.8, 4) is 5.75 Å². The van der Waals surface area contributed by atoms with Crippen molar-refractivity contribution in [3.05, 3.63) is 28.8 Å². The van der Waals surface area contributed by atoms with Gasteiger partial charge >= 0.3 is 5.97 Å². The van der Waals surface area contributed by atoms with Crippen molar-refractivity contribution in [2.24, 2.45) is 11.7 Å². The molecule has 110 valence electrons. The maximum atomic E-state index is 10.6. The Labute approximate surface area is 123 Å². The average molecular weight is 298 g/mol. The summed E-state index contributed by atoms with van der Waals surface area (Å²) in [5.74, 6) is 0.507. The fourth-order valence-corrected chi connectivity index (χ4v) is 2.42. The minimum absolute atomic E-state index is 0.0374. The molecule has 0 aliphatic heterocycles. The van der Waals surface area contributed by atoms with Gasteiger partial charge in [-0.2, -0.15) is 0 Å². The molecule has 1 aromatic rings. The molecule has 3 N–H and O–H groups in total. The minimum Gasteiger partial charge on any atom is -0.493 e. The van der Waals surface area contributed by atoms with Crippen molar-refractivity contribution in [2.75, 3.05) is 6.61 Å². The lowest BCUT2D eigenvalue weighted by Gasteiger charge is -2.26. The van der Waals surface area contributed by atoms with E-state index in [2.05, 4.69) is 0 Å². The van der Waals surface area contributed by atoms with Gasteiger partial charge in [-0.3, -0.25) is 4.79 Å². The van der Waals surface area contributed by atoms with E-state index >= 15 is 0 Å². The minimum atomic E-state index is -0.848. The van der Waals surface area contributed by atoms with E-state index in [0.29, 0.717) is 24.0 Å². The predicted octanol–water partition coefficient (Wildman–Crippen LogP) is 3.38. The number of nitrogens with two attached hydrogens (primary N) is 1. The average Bonchev–Trinajstić information content (AvgIpc) is 2.35. The maximum absolute atomic E-state index is 10.6. The maximum Gasteiger partial charge on any atom is 0.303 e. The molecule has 2 rings (SSSR count). The molecule has 1 unspecified atom stereocenters. The molecule has 1 saturated carbocycles. The Balaban J connectivity index is 2.03. The zero-order valence-corrected chi connectivity index (χ0v) is 12.1. The first-order valence-electron chi connectivity index (χ1n) is 6.96. The summed E-state index contributed by atoms with van der Waals surface area (Å²) in [6, 6.07) is 4.98. The van der Waals surface area contributed by atoms with Gasteiger partial charge in [0.25, 0.3) is 0 Å². The molecule has 1 aliphatic rings. The molecule has 0 radical (unpaired) electrons. The standard InChI is InChI=1S/C15H20ClNO3/c16-11-4-6-14(20-9-10-2-1-3-10)12(8-11)13(17)5-7-15(18)19/h4,6,8,10,13H,1-3,5,7,9,17H2,(H,18,19). The third kappa shape index (κ3) is 4.12. The van der Waals surface area contributed by atoms with Gasteiger partial charge in [0.15, 0.2) is 0 Å². The molecular weight excluding hydrogens is 278 g/mol. The van der Waals surface area contributed by atoms with Crippen LogP contribution in [0.2, 0.25) is 5.02 Å². The van der Waals surface area contributed by atoms with Crippen LogP contribution in [-0.4, -0.2) is 17.7 Å². The summed E-state index contributed by atoms with van der Waals surface area (Å²) in [5, 5.41) is 9.32. The van der Waals surface area contributed by atoms with Crippen molar-refractivity contribution < 1.29 is 14.6 Å². The van der Waals surface area contributed by atoms with Gasteiger partial charge in [0, 0.05) is 23.0 Å². The van der Waals surface area contributed by atoms with Crippen LogP contribution in [0.5, 0.6) is 5.75 Å². The first-order chi connectivity index (χ1) is 9.56. The molecule has 0 aromatic heterocycles. The van der Waals surface area contributed by atoms with E-state index in [-0.39, 0.29) is 12.5 Å². The molecule has 0 bridgehead atoms. The summed E-state index contributed by atoms with van der Waals surface area (Å²) in [6.07, 6.45) is 4.12. The molecule has 1 aromatic carbocycles. The van der Waals surface area contributed by atoms with Crippen LogP contribution in [0.4, 0.5) is 0 Å². The number of aliphatic carboxylic acids is 1. The van der Waals surface area contributed by atoms with Gasteiger partial charge in [-0.25, -0.2) is 0 Å². The quantitative estimate of drug-likeness (QED) is 0.809. The number of hydrogen-bond donors (Lipinski definition) is 2. The van der Waals surface area contributed by atoms with Crippen molar-refractivity contribution >= 4 is 17.6 Å². The van der Waals surface area contributed by atoms with Gasteiger partial charge in [0.05, 0.1) is 6.61 Å². The van der Waals surface area contributed by atoms with Crippen LogP contribution in [-0.2, 0) is 4.79 Å². The molecule has 1 atom stereocenters. The Morgan fingerprint density at radius 3 is 2.85 bits per heavy atom. The first kappa shape index (κ1) is 15.1. The summed E-state index contributed by atoms with van der Waals surface area (Å²) in [7, 11) is 0. The van der Waals surface area contributed by atoms with Gasteiger partial charge in [0.2, 0.25) is 0 Å². The number of carboxylic acid groups (broad SMARTS) is 1. The molecular formula is C15H20ClNO3. The summed E-state index contributed by atoms with van der Waals surface area (Å²) in [5.41, 5.74) is 6.85. The SMILES string of the molecule is NC(CCC(=O)O)c1cc(Cl)ccc1OCC1CCC1. The van der Waals surface area contributed by atoms with Gasteiger partial charge in [-0.05, 0) is 43.4 Å². The molecule has 4 nitrogen and oxygen atoms in total. The number of benzene rings is 1. The normalized spacial score (nSPS) is 16.5. The number of halogens is 1. The van der Waals surface area contributed by atoms with Gasteiger partial charge in [-0.1, -0.05) is 18.0 Å². The fourth-order valence-electron chi connectivity index (χ4n) is 2.24. The lowest BCUT2D eigenvalue weighted by molar-refractivity contribution is -0.137. The van der Waals surface area contributed by atoms with Crippen molar-refractivity contribution in [2.45, 2.75) is 38.1 Å². The van der Waals surface area contributed by atoms with E-state index in [1.165, 1.54) is 19.3 Å². The van der Waals surface area contributed by atoms with Crippen LogP contribution in [0.3, 0.4) is 0 Å². The Morgan fingerprint density at radius 1 is 1.50 bits per heavy atom. The molecule has 0 saturated heterocycles. The zero-order valence-electron chi connectivity index (χ0n) is 11.3. The second kappa shape index (κ2) is 6.95. The Hall–Kier alpha value is -1.26. The van der Waals surface area contributed by atoms with Gasteiger partial charge in [-0.15, -0.1) is 0 Å². The van der Waals surface area contributed by atoms with E-state index < -0.39 is 5.97 Å². The van der Waals surface area contributed by atoms with Crippen LogP contribution in [0, 0.1) is 5.92 Å². The van der Waals surface area contributed by atoms with E-state index in [4.69, 9.17) is 27.2 Å². The number of hydrogen-bond acceptors (Lipinski definition) is 3. The van der Waals surface area contributed by atoms with E-state index in [9.17, 15) is 4.79 Å². The van der Waals surface area contributed by atoms with Crippen LogP contribution < -0.4 is 10.5 Å². The second-order valence-electron chi connectivity index (χ2n) is 5.33. The third-order valence-corrected chi connectivity index (χ3v) is 3.97. The summed E-state index contributed by atoms with van der Waals surface area (Å²) < 4.78 is 5.84. The van der Waals surface area contributed by atoms with Crippen LogP contribution in [0.1, 0.15) is 43.7 Å². The second-order valence-corrected chi connectivity index (χ2v) is 5.77. The van der Waals surface area contributed by atoms with Gasteiger partial charge < -0.3 is 15.6 Å². The van der Waals surface area contributed by atoms with E-state index in [1.807, 2.05) is 6.07 Å². The topological polar surface area (TPSA) is 72.6 Å². The van der Waals surface area contributed by atoms with Crippen molar-refractivity contribution in [1.29, 1.82) is 0 Å². The largest absolute Gasteiger partial charge is 0.493 e. The highest BCUT2D eigenvalue weighted by atomic mass is 35.5. The summed E-state index contributed by atoms with van der Waals surface area (Å²) >= 11 is 6.00. The van der Waals surface area contributed by atoms with E-state index in [0.717, 1.165) is 11.3 Å². The smallest absolute Gasteiger partial charge is 0.303 e. The highest BCUT2D eigenvalue weighted by Gasteiger charge is 2.20. The summed E-state index contributed by atoms with van der Waals surface area (Å²) in [6.45, 7) is 0.695. The fraction of sp³-hybridized carbons (Fsp3) is 0.533. The first-order valence-corrected chi connectivity index (χ1v) is 7.33. The summed E-state index contributed by atoms with van der Waals surface area (Å²) in [4.78, 5) is 10.6. The molecule has 0 amide bonds. The van der Waals surface area contributed by atoms with Crippen molar-refractivity contribution in [1.82, 2.24) is 0 Å². The van der Waals surface area contributed by atoms with Crippen LogP contribution >= 0.6 is 11.6 Å². The van der Waals surface area contributed by atoms with Gasteiger partial charge in [0.1, 0.15) is 5.75 Å². The molecule has 20 heavy (non-hydrogen) atoms. The Bertz CT molecular complexity index is 474. The monoisotopic (exact) mass is 297 g/mol. The highest BCUT2D eigenvalue weighted by Crippen LogP contribution is 2.32. The third-order valence-electron chi connectivity index (χ3n) is 3.74. The number of carboxylic acids is 1. The molecule has 5 heteroatoms. The number of ether oxygens (including phenoxy) is 1. The Kier molecular flexibility index (Phi) is 5.26. The lowest BCUT2D eigenvalue weighted by Crippen LogP contribution is -2.20. The molecule has 0 heterocycles. The molecule has 0 spiro atoms. The molecule has 1 aliphatic carbocycles. The van der Waals surface area contributed by atoms with Crippen LogP contribution in [0.15, 0.2) is 18.2 Å². The highest BCUT2D eigenvalue weighted by molar-refractivity contribution is 6.30. The van der Waals surface area contributed by atoms with Crippen LogP contribution in [0.25, 0.3) is 0 Å². The predicted molar refractivity (Wildman–Crippen MR) is 78.1 cm³/mol. The number of carbonyl (C=O) groups is 1. The lowest BCUT2D eigenvalue weighted by atomic mass is 9.86. The Morgan fingerprint density at radius 2 is 2.25 bits per heavy atom. The zero-order chi connectivity index (χ0) is 14.5. The molecule has 1 fully saturated rings. The van der Waals surface area contributed by atoms with Crippen molar-refractivity contribution in [3.63, 3.8) is 0 Å². The van der Waals surface area contributed by atoms with E-state index in [1.54, 1.807) is 12.1 Å². The number of rotatable bonds is 7.